The molecule has 0 aliphatic carbocycles. The fourth-order valence-corrected chi connectivity index (χ4v) is 4.54. The molecule has 0 radical (unpaired) electrons. The molecule has 1 heterocycles. The molecule has 1 saturated heterocycles. The monoisotopic (exact) mass is 420 g/mol. The van der Waals surface area contributed by atoms with Crippen LogP contribution in [0.25, 0.3) is 0 Å². The Morgan fingerprint density at radius 3 is 2.04 bits per heavy atom. The van der Waals surface area contributed by atoms with Gasteiger partial charge in [0, 0.05) is 0 Å². The van der Waals surface area contributed by atoms with Crippen molar-refractivity contribution in [3.63, 3.8) is 0 Å². The van der Waals surface area contributed by atoms with E-state index in [9.17, 15) is 39.0 Å². The Balaban J connectivity index is 2.73. The van der Waals surface area contributed by atoms with Crippen LogP contribution in [0, 0.1) is 0 Å². The first kappa shape index (κ1) is 22.3. The topological polar surface area (TPSA) is 250 Å². The number of phosphoric ester groups is 1. The number of aliphatic hydroxyl groups excluding tert-OH is 3. The van der Waals surface area contributed by atoms with Gasteiger partial charge < -0.3 is 44.7 Å². The first-order chi connectivity index (χ1) is 10.6. The van der Waals surface area contributed by atoms with E-state index < -0.39 is 60.8 Å². The van der Waals surface area contributed by atoms with E-state index in [0.29, 0.717) is 0 Å². The largest absolute Gasteiger partial charge is 0.490 e. The Kier molecular flexibility index (Phi) is 6.90. The highest BCUT2D eigenvalue weighted by Gasteiger charge is 2.50. The van der Waals surface area contributed by atoms with Crippen molar-refractivity contribution in [1.82, 2.24) is 0 Å². The lowest BCUT2D eigenvalue weighted by molar-refractivity contribution is -0.329. The first-order valence-electron chi connectivity index (χ1n) is 5.76. The summed E-state index contributed by atoms with van der Waals surface area (Å²) in [5.74, 6) is -2.80. The van der Waals surface area contributed by atoms with Crippen LogP contribution < -0.4 is 0 Å². The molecule has 24 heavy (non-hydrogen) atoms. The van der Waals surface area contributed by atoms with Crippen molar-refractivity contribution >= 4 is 23.5 Å². The van der Waals surface area contributed by atoms with Crippen molar-refractivity contribution < 1.29 is 71.6 Å². The summed E-state index contributed by atoms with van der Waals surface area (Å²) in [7, 11) is -16.8. The lowest BCUT2D eigenvalue weighted by Crippen LogP contribution is -2.62. The van der Waals surface area contributed by atoms with E-state index in [-0.39, 0.29) is 0 Å². The Labute approximate surface area is 133 Å². The minimum absolute atomic E-state index is 0.700. The van der Waals surface area contributed by atoms with Gasteiger partial charge in [-0.15, -0.1) is 0 Å². The molecule has 0 spiro atoms. The molecule has 1 fully saturated rings. The number of rotatable bonds is 7. The van der Waals surface area contributed by atoms with Crippen LogP contribution in [-0.4, -0.2) is 77.3 Å². The van der Waals surface area contributed by atoms with Gasteiger partial charge in [0.1, 0.15) is 24.9 Å². The van der Waals surface area contributed by atoms with Crippen molar-refractivity contribution in [2.75, 3.05) is 13.2 Å². The Morgan fingerprint density at radius 2 is 1.54 bits per heavy atom. The lowest BCUT2D eigenvalue weighted by Gasteiger charge is -2.41. The summed E-state index contributed by atoms with van der Waals surface area (Å²) < 4.78 is 48.4. The van der Waals surface area contributed by atoms with Crippen LogP contribution in [-0.2, 0) is 31.6 Å². The minimum atomic E-state index is -5.74. The Bertz CT molecular complexity index is 586. The highest BCUT2D eigenvalue weighted by Crippen LogP contribution is 2.66. The zero-order valence-corrected chi connectivity index (χ0v) is 14.1. The predicted octanol–water partition coefficient (Wildman–Crippen LogP) is -2.87. The molecule has 15 nitrogen and oxygen atoms in total. The summed E-state index contributed by atoms with van der Waals surface area (Å²) in [5.41, 5.74) is 0. The zero-order valence-electron chi connectivity index (χ0n) is 11.4. The van der Waals surface area contributed by atoms with Gasteiger partial charge in [-0.05, 0) is 0 Å². The van der Waals surface area contributed by atoms with E-state index in [2.05, 4.69) is 17.9 Å². The van der Waals surface area contributed by atoms with Crippen molar-refractivity contribution in [2.24, 2.45) is 0 Å². The molecule has 0 bridgehead atoms. The van der Waals surface area contributed by atoms with E-state index in [0.717, 1.165) is 0 Å². The number of hydrogen-bond donors (Lipinski definition) is 8. The van der Waals surface area contributed by atoms with Crippen LogP contribution in [0.3, 0.4) is 0 Å². The normalized spacial score (nSPS) is 36.8. The van der Waals surface area contributed by atoms with Gasteiger partial charge >= 0.3 is 23.5 Å². The molecular formula is C6H15O15P3. The summed E-state index contributed by atoms with van der Waals surface area (Å²) in [6.45, 7) is -2.10. The molecule has 0 aromatic rings. The van der Waals surface area contributed by atoms with Gasteiger partial charge in [-0.25, -0.2) is 13.7 Å². The molecule has 2 unspecified atom stereocenters. The van der Waals surface area contributed by atoms with Crippen molar-refractivity contribution in [1.29, 1.82) is 0 Å². The zero-order chi connectivity index (χ0) is 19.0. The van der Waals surface area contributed by atoms with E-state index in [1.165, 1.54) is 0 Å². The van der Waals surface area contributed by atoms with Crippen molar-refractivity contribution in [2.45, 2.75) is 24.1 Å². The maximum atomic E-state index is 11.4. The SMILES string of the molecule is O=P(O)(O)OP(=O)(O)OP(=O)(O)OC[C@@]1(O)OC[C@@H](O)[C@@H](O)[C@@H]1O. The van der Waals surface area contributed by atoms with Gasteiger partial charge in [0.05, 0.1) is 6.61 Å². The molecule has 18 heteroatoms. The number of aliphatic hydroxyl groups is 4. The Morgan fingerprint density at radius 1 is 1.00 bits per heavy atom. The third-order valence-electron chi connectivity index (χ3n) is 2.53. The summed E-state index contributed by atoms with van der Waals surface area (Å²) in [6, 6.07) is 0. The fraction of sp³-hybridized carbons (Fsp3) is 1.00. The molecule has 1 aliphatic rings. The molecule has 0 aromatic carbocycles. The quantitative estimate of drug-likeness (QED) is 0.193. The molecule has 0 saturated carbocycles. The first-order valence-corrected chi connectivity index (χ1v) is 10.3. The molecule has 0 aromatic heterocycles. The van der Waals surface area contributed by atoms with Gasteiger partial charge in [0.25, 0.3) is 0 Å². The number of hydrogen-bond acceptors (Lipinski definition) is 11. The average Bonchev–Trinajstić information content (AvgIpc) is 2.35. The third kappa shape index (κ3) is 6.50. The number of phosphoric acid groups is 3. The van der Waals surface area contributed by atoms with E-state index in [1.807, 2.05) is 0 Å². The second kappa shape index (κ2) is 7.45. The molecule has 1 rings (SSSR count). The maximum absolute atomic E-state index is 11.4. The third-order valence-corrected chi connectivity index (χ3v) is 6.32. The van der Waals surface area contributed by atoms with E-state index >= 15 is 0 Å². The van der Waals surface area contributed by atoms with Gasteiger partial charge in [-0.3, -0.25) is 4.52 Å². The molecule has 0 amide bonds. The highest BCUT2D eigenvalue weighted by atomic mass is 31.3. The van der Waals surface area contributed by atoms with Crippen LogP contribution >= 0.6 is 23.5 Å². The van der Waals surface area contributed by atoms with Crippen molar-refractivity contribution in [3.05, 3.63) is 0 Å². The van der Waals surface area contributed by atoms with Crippen LogP contribution in [0.4, 0.5) is 0 Å². The second-order valence-corrected chi connectivity index (χ2v) is 8.94. The fourth-order valence-electron chi connectivity index (χ4n) is 1.50. The molecule has 6 atom stereocenters. The smallest absolute Gasteiger partial charge is 0.388 e. The summed E-state index contributed by atoms with van der Waals surface area (Å²) in [4.78, 5) is 34.8. The van der Waals surface area contributed by atoms with Crippen LogP contribution in [0.5, 0.6) is 0 Å². The summed E-state index contributed by atoms with van der Waals surface area (Å²) in [5, 5.41) is 37.9. The standard InChI is InChI=1S/C6H15O15P3/c7-3-1-18-6(10,5(9)4(3)8)2-19-23(14,15)21-24(16,17)20-22(11,12)13/h3-5,7-10H,1-2H2,(H,14,15)(H,16,17)(H2,11,12,13)/t3-,4-,5+,6-/m1/s1. The van der Waals surface area contributed by atoms with Crippen LogP contribution in [0.2, 0.25) is 0 Å². The highest BCUT2D eigenvalue weighted by molar-refractivity contribution is 7.66. The van der Waals surface area contributed by atoms with E-state index in [1.54, 1.807) is 0 Å². The lowest BCUT2D eigenvalue weighted by atomic mass is 9.98. The van der Waals surface area contributed by atoms with Gasteiger partial charge in [0.15, 0.2) is 0 Å². The maximum Gasteiger partial charge on any atom is 0.490 e. The van der Waals surface area contributed by atoms with Crippen molar-refractivity contribution in [3.8, 4) is 0 Å². The minimum Gasteiger partial charge on any atom is -0.388 e. The average molecular weight is 420 g/mol. The molecule has 8 N–H and O–H groups in total. The molecule has 144 valence electrons. The predicted molar refractivity (Wildman–Crippen MR) is 68.7 cm³/mol. The molecule has 1 aliphatic heterocycles. The van der Waals surface area contributed by atoms with Gasteiger partial charge in [-0.2, -0.15) is 8.62 Å². The van der Waals surface area contributed by atoms with Crippen LogP contribution in [0.1, 0.15) is 0 Å². The summed E-state index contributed by atoms with van der Waals surface area (Å²) in [6.07, 6.45) is -5.69. The summed E-state index contributed by atoms with van der Waals surface area (Å²) >= 11 is 0. The molecular weight excluding hydrogens is 405 g/mol. The van der Waals surface area contributed by atoms with Gasteiger partial charge in [0.2, 0.25) is 5.79 Å². The van der Waals surface area contributed by atoms with E-state index in [4.69, 9.17) is 14.7 Å². The van der Waals surface area contributed by atoms with Crippen LogP contribution in [0.15, 0.2) is 0 Å². The van der Waals surface area contributed by atoms with Gasteiger partial charge in [-0.1, -0.05) is 0 Å². The Hall–Kier alpha value is 0.210. The second-order valence-electron chi connectivity index (χ2n) is 4.52. The number of ether oxygens (including phenoxy) is 1.